The number of aliphatic carboxylic acids is 1. The van der Waals surface area contributed by atoms with E-state index in [-0.39, 0.29) is 16.5 Å². The molecule has 106 valence electrons. The molecule has 0 unspecified atom stereocenters. The quantitative estimate of drug-likeness (QED) is 0.733. The van der Waals surface area contributed by atoms with Crippen molar-refractivity contribution in [1.82, 2.24) is 10.2 Å². The summed E-state index contributed by atoms with van der Waals surface area (Å²) in [6.45, 7) is -0.744. The molecule has 0 spiro atoms. The predicted octanol–water partition coefficient (Wildman–Crippen LogP) is 0.395. The topological polar surface area (TPSA) is 124 Å². The molecule has 0 aliphatic heterocycles. The maximum Gasteiger partial charge on any atom is 0.324 e. The second-order valence-electron chi connectivity index (χ2n) is 3.84. The number of carboxylic acid groups (broad SMARTS) is 1. The van der Waals surface area contributed by atoms with E-state index < -0.39 is 22.5 Å². The van der Waals surface area contributed by atoms with E-state index in [1.807, 2.05) is 0 Å². The third kappa shape index (κ3) is 2.72. The number of rotatable bonds is 5. The molecule has 20 heavy (non-hydrogen) atoms. The minimum atomic E-state index is -4.07. The Labute approximate surface area is 114 Å². The van der Waals surface area contributed by atoms with E-state index in [4.69, 9.17) is 5.11 Å². The Balaban J connectivity index is 2.48. The molecule has 0 aliphatic carbocycles. The van der Waals surface area contributed by atoms with Crippen LogP contribution in [0.5, 0.6) is 5.75 Å². The zero-order valence-electron chi connectivity index (χ0n) is 10.1. The van der Waals surface area contributed by atoms with Crippen LogP contribution in [-0.2, 0) is 14.8 Å². The highest BCUT2D eigenvalue weighted by atomic mass is 32.2. The summed E-state index contributed by atoms with van der Waals surface area (Å²) in [4.78, 5) is 10.9. The van der Waals surface area contributed by atoms with E-state index in [9.17, 15) is 18.3 Å². The van der Waals surface area contributed by atoms with Crippen molar-refractivity contribution < 1.29 is 23.4 Å². The molecule has 0 radical (unpaired) electrons. The lowest BCUT2D eigenvalue weighted by atomic mass is 10.3. The smallest absolute Gasteiger partial charge is 0.324 e. The van der Waals surface area contributed by atoms with Crippen molar-refractivity contribution in [2.75, 3.05) is 10.8 Å². The van der Waals surface area contributed by atoms with Crippen molar-refractivity contribution in [3.05, 3.63) is 36.5 Å². The molecule has 0 atom stereocenters. The van der Waals surface area contributed by atoms with Crippen LogP contribution in [0.1, 0.15) is 0 Å². The normalized spacial score (nSPS) is 11.2. The number of sulfonamides is 1. The molecule has 0 fully saturated rings. The molecule has 0 saturated heterocycles. The third-order valence-electron chi connectivity index (χ3n) is 2.46. The molecule has 0 bridgehead atoms. The molecule has 1 heterocycles. The van der Waals surface area contributed by atoms with Gasteiger partial charge in [0.05, 0.1) is 11.9 Å². The van der Waals surface area contributed by atoms with Crippen LogP contribution in [0.3, 0.4) is 0 Å². The Hall–Kier alpha value is -2.55. The fraction of sp³-hybridized carbons (Fsp3) is 0.0909. The van der Waals surface area contributed by atoms with Gasteiger partial charge in [-0.25, -0.2) is 0 Å². The summed E-state index contributed by atoms with van der Waals surface area (Å²) < 4.78 is 25.4. The van der Waals surface area contributed by atoms with E-state index in [0.717, 1.165) is 0 Å². The Morgan fingerprint density at radius 3 is 2.40 bits per heavy atom. The molecule has 0 aliphatic rings. The third-order valence-corrected chi connectivity index (χ3v) is 4.16. The molecule has 0 saturated carbocycles. The molecule has 0 amide bonds. The van der Waals surface area contributed by atoms with Gasteiger partial charge in [0.25, 0.3) is 10.0 Å². The van der Waals surface area contributed by atoms with Crippen LogP contribution in [-0.4, -0.2) is 41.3 Å². The minimum Gasteiger partial charge on any atom is -0.508 e. The average molecular weight is 297 g/mol. The number of aromatic nitrogens is 2. The monoisotopic (exact) mass is 297 g/mol. The number of H-pyrrole nitrogens is 1. The number of phenolic OH excluding ortho intramolecular Hbond substituents is 1. The standard InChI is InChI=1S/C11H11N3O5S/c15-9-3-1-8(2-4-9)14(7-11(16)17)20(18,19)10-5-6-12-13-10/h1-6,15H,7H2,(H,12,13)(H,16,17). The summed E-state index contributed by atoms with van der Waals surface area (Å²) in [6.07, 6.45) is 1.25. The van der Waals surface area contributed by atoms with Gasteiger partial charge in [-0.2, -0.15) is 13.5 Å². The highest BCUT2D eigenvalue weighted by Gasteiger charge is 2.28. The van der Waals surface area contributed by atoms with Crippen LogP contribution in [0.15, 0.2) is 41.6 Å². The van der Waals surface area contributed by atoms with E-state index in [0.29, 0.717) is 4.31 Å². The Kier molecular flexibility index (Phi) is 3.61. The Morgan fingerprint density at radius 2 is 1.90 bits per heavy atom. The van der Waals surface area contributed by atoms with Gasteiger partial charge in [-0.1, -0.05) is 0 Å². The zero-order chi connectivity index (χ0) is 14.8. The number of hydrogen-bond acceptors (Lipinski definition) is 5. The van der Waals surface area contributed by atoms with Gasteiger partial charge in [0.1, 0.15) is 12.3 Å². The van der Waals surface area contributed by atoms with Gasteiger partial charge in [-0.05, 0) is 30.3 Å². The predicted molar refractivity (Wildman–Crippen MR) is 68.9 cm³/mol. The molecule has 8 nitrogen and oxygen atoms in total. The summed E-state index contributed by atoms with van der Waals surface area (Å²) >= 11 is 0. The van der Waals surface area contributed by atoms with Crippen LogP contribution in [0.25, 0.3) is 0 Å². The van der Waals surface area contributed by atoms with Crippen LogP contribution < -0.4 is 4.31 Å². The maximum absolute atomic E-state index is 12.3. The summed E-state index contributed by atoms with van der Waals surface area (Å²) in [5, 5.41) is 23.7. The second kappa shape index (κ2) is 5.21. The van der Waals surface area contributed by atoms with Gasteiger partial charge in [0.2, 0.25) is 0 Å². The van der Waals surface area contributed by atoms with Crippen molar-refractivity contribution in [3.63, 3.8) is 0 Å². The summed E-state index contributed by atoms with van der Waals surface area (Å²) in [7, 11) is -4.07. The maximum atomic E-state index is 12.3. The van der Waals surface area contributed by atoms with E-state index in [2.05, 4.69) is 10.2 Å². The molecule has 1 aromatic heterocycles. The van der Waals surface area contributed by atoms with Gasteiger partial charge >= 0.3 is 5.97 Å². The summed E-state index contributed by atoms with van der Waals surface area (Å²) in [6, 6.07) is 6.39. The van der Waals surface area contributed by atoms with Crippen LogP contribution >= 0.6 is 0 Å². The molecule has 3 N–H and O–H groups in total. The zero-order valence-corrected chi connectivity index (χ0v) is 10.9. The van der Waals surface area contributed by atoms with Gasteiger partial charge in [-0.3, -0.25) is 14.2 Å². The Bertz CT molecular complexity index is 694. The SMILES string of the molecule is O=C(O)CN(c1ccc(O)cc1)S(=O)(=O)c1ccn[nH]1. The van der Waals surface area contributed by atoms with Crippen LogP contribution in [0.4, 0.5) is 5.69 Å². The number of anilines is 1. The number of phenols is 1. The van der Waals surface area contributed by atoms with E-state index >= 15 is 0 Å². The lowest BCUT2D eigenvalue weighted by Gasteiger charge is -2.21. The van der Waals surface area contributed by atoms with E-state index in [1.165, 1.54) is 36.5 Å². The molecular weight excluding hydrogens is 286 g/mol. The molecule has 2 aromatic rings. The average Bonchev–Trinajstić information content (AvgIpc) is 2.91. The number of aromatic hydroxyl groups is 1. The fourth-order valence-electron chi connectivity index (χ4n) is 1.56. The van der Waals surface area contributed by atoms with Crippen molar-refractivity contribution in [2.45, 2.75) is 5.03 Å². The van der Waals surface area contributed by atoms with Crippen molar-refractivity contribution in [3.8, 4) is 5.75 Å². The summed E-state index contributed by atoms with van der Waals surface area (Å²) in [5.41, 5.74) is 0.125. The number of nitrogens with zero attached hydrogens (tertiary/aromatic N) is 2. The summed E-state index contributed by atoms with van der Waals surface area (Å²) in [5.74, 6) is -1.36. The molecule has 9 heteroatoms. The first-order valence-corrected chi connectivity index (χ1v) is 6.88. The van der Waals surface area contributed by atoms with Crippen molar-refractivity contribution in [2.24, 2.45) is 0 Å². The van der Waals surface area contributed by atoms with Gasteiger partial charge in [0.15, 0.2) is 5.03 Å². The first kappa shape index (κ1) is 13.9. The van der Waals surface area contributed by atoms with Crippen LogP contribution in [0.2, 0.25) is 0 Å². The first-order chi connectivity index (χ1) is 9.41. The van der Waals surface area contributed by atoms with E-state index in [1.54, 1.807) is 0 Å². The van der Waals surface area contributed by atoms with Gasteiger partial charge in [-0.15, -0.1) is 0 Å². The number of carboxylic acids is 1. The van der Waals surface area contributed by atoms with Gasteiger partial charge in [0, 0.05) is 0 Å². The number of benzene rings is 1. The lowest BCUT2D eigenvalue weighted by molar-refractivity contribution is -0.135. The molecular formula is C11H11N3O5S. The highest BCUT2D eigenvalue weighted by molar-refractivity contribution is 7.92. The fourth-order valence-corrected chi connectivity index (χ4v) is 2.88. The Morgan fingerprint density at radius 1 is 1.25 bits per heavy atom. The number of aromatic amines is 1. The van der Waals surface area contributed by atoms with Crippen molar-refractivity contribution >= 4 is 21.7 Å². The minimum absolute atomic E-state index is 0.0528. The second-order valence-corrected chi connectivity index (χ2v) is 5.67. The highest BCUT2D eigenvalue weighted by Crippen LogP contribution is 2.24. The van der Waals surface area contributed by atoms with Gasteiger partial charge < -0.3 is 10.2 Å². The number of hydrogen-bond donors (Lipinski definition) is 3. The van der Waals surface area contributed by atoms with Crippen molar-refractivity contribution in [1.29, 1.82) is 0 Å². The number of nitrogens with one attached hydrogen (secondary N) is 1. The molecule has 2 rings (SSSR count). The lowest BCUT2D eigenvalue weighted by Crippen LogP contribution is -2.35. The first-order valence-electron chi connectivity index (χ1n) is 5.44. The largest absolute Gasteiger partial charge is 0.508 e. The number of carbonyl (C=O) groups is 1. The van der Waals surface area contributed by atoms with Crippen LogP contribution in [0, 0.1) is 0 Å². The molecule has 1 aromatic carbocycles.